The molecule has 1 aromatic carbocycles. The van der Waals surface area contributed by atoms with Crippen molar-refractivity contribution >= 4 is 21.7 Å². The van der Waals surface area contributed by atoms with Gasteiger partial charge in [0.05, 0.1) is 0 Å². The Morgan fingerprint density at radius 3 is 2.86 bits per heavy atom. The topological polar surface area (TPSA) is 17.1 Å². The van der Waals surface area contributed by atoms with E-state index in [0.717, 1.165) is 22.0 Å². The molecule has 0 radical (unpaired) electrons. The Bertz CT molecular complexity index is 367. The molecule has 0 bridgehead atoms. The largest absolute Gasteiger partial charge is 0.294 e. The Balaban J connectivity index is 2.20. The third-order valence-corrected chi connectivity index (χ3v) is 3.28. The lowest BCUT2D eigenvalue weighted by Gasteiger charge is -2.04. The van der Waals surface area contributed by atoms with Crippen LogP contribution in [-0.4, -0.2) is 5.78 Å². The van der Waals surface area contributed by atoms with Gasteiger partial charge in [-0.05, 0) is 37.8 Å². The van der Waals surface area contributed by atoms with Crippen molar-refractivity contribution < 1.29 is 4.79 Å². The van der Waals surface area contributed by atoms with E-state index in [1.54, 1.807) is 0 Å². The minimum atomic E-state index is 0.281. The highest BCUT2D eigenvalue weighted by atomic mass is 79.9. The molecule has 0 N–H and O–H groups in total. The van der Waals surface area contributed by atoms with Crippen LogP contribution in [0.1, 0.15) is 35.2 Å². The van der Waals surface area contributed by atoms with Crippen molar-refractivity contribution in [2.24, 2.45) is 5.92 Å². The number of hydrogen-bond acceptors (Lipinski definition) is 1. The Morgan fingerprint density at radius 1 is 1.50 bits per heavy atom. The van der Waals surface area contributed by atoms with Crippen LogP contribution in [0.15, 0.2) is 22.7 Å². The maximum absolute atomic E-state index is 11.8. The molecule has 74 valence electrons. The predicted octanol–water partition coefficient (Wildman–Crippen LogP) is 3.74. The van der Waals surface area contributed by atoms with Crippen LogP contribution < -0.4 is 0 Å². The van der Waals surface area contributed by atoms with Crippen LogP contribution in [0.5, 0.6) is 0 Å². The second kappa shape index (κ2) is 3.85. The Labute approximate surface area is 92.6 Å². The summed E-state index contributed by atoms with van der Waals surface area (Å²) in [5, 5.41) is 0. The summed E-state index contributed by atoms with van der Waals surface area (Å²) >= 11 is 3.42. The van der Waals surface area contributed by atoms with Crippen molar-refractivity contribution in [1.29, 1.82) is 0 Å². The standard InChI is InChI=1S/C12H13BrO/c1-8-2-5-11(13)10(6-8)12(14)7-9-3-4-9/h2,5-6,9H,3-4,7H2,1H3. The van der Waals surface area contributed by atoms with E-state index in [2.05, 4.69) is 15.9 Å². The number of carbonyl (C=O) groups excluding carboxylic acids is 1. The van der Waals surface area contributed by atoms with Crippen molar-refractivity contribution in [1.82, 2.24) is 0 Å². The molecular formula is C12H13BrO. The minimum absolute atomic E-state index is 0.281. The van der Waals surface area contributed by atoms with Gasteiger partial charge in [-0.2, -0.15) is 0 Å². The van der Waals surface area contributed by atoms with Crippen molar-refractivity contribution in [3.05, 3.63) is 33.8 Å². The van der Waals surface area contributed by atoms with Gasteiger partial charge in [-0.15, -0.1) is 0 Å². The Hall–Kier alpha value is -0.630. The zero-order chi connectivity index (χ0) is 10.1. The molecule has 1 fully saturated rings. The Kier molecular flexibility index (Phi) is 2.73. The van der Waals surface area contributed by atoms with Gasteiger partial charge in [0, 0.05) is 16.5 Å². The first-order valence-electron chi connectivity index (χ1n) is 4.96. The number of Topliss-reactive ketones (excluding diaryl/α,β-unsaturated/α-hetero) is 1. The third kappa shape index (κ3) is 2.24. The van der Waals surface area contributed by atoms with Crippen LogP contribution in [0.2, 0.25) is 0 Å². The molecule has 1 aliphatic carbocycles. The second-order valence-electron chi connectivity index (χ2n) is 4.05. The Morgan fingerprint density at radius 2 is 2.21 bits per heavy atom. The highest BCUT2D eigenvalue weighted by molar-refractivity contribution is 9.10. The van der Waals surface area contributed by atoms with Crippen molar-refractivity contribution in [3.8, 4) is 0 Å². The molecule has 0 spiro atoms. The van der Waals surface area contributed by atoms with E-state index in [-0.39, 0.29) is 5.78 Å². The summed E-state index contributed by atoms with van der Waals surface area (Å²) in [6.07, 6.45) is 3.19. The molecule has 14 heavy (non-hydrogen) atoms. The molecule has 1 nitrogen and oxygen atoms in total. The molecule has 0 unspecified atom stereocenters. The van der Waals surface area contributed by atoms with E-state index >= 15 is 0 Å². The van der Waals surface area contributed by atoms with Crippen LogP contribution in [0.3, 0.4) is 0 Å². The van der Waals surface area contributed by atoms with Crippen molar-refractivity contribution in [2.75, 3.05) is 0 Å². The first kappa shape index (κ1) is 9.91. The lowest BCUT2D eigenvalue weighted by molar-refractivity contribution is 0.0975. The van der Waals surface area contributed by atoms with Gasteiger partial charge in [0.15, 0.2) is 5.78 Å². The highest BCUT2D eigenvalue weighted by Gasteiger charge is 2.25. The fourth-order valence-corrected chi connectivity index (χ4v) is 2.01. The molecular weight excluding hydrogens is 240 g/mol. The molecule has 0 heterocycles. The minimum Gasteiger partial charge on any atom is -0.294 e. The second-order valence-corrected chi connectivity index (χ2v) is 4.91. The number of benzene rings is 1. The van der Waals surface area contributed by atoms with Gasteiger partial charge in [0.1, 0.15) is 0 Å². The summed E-state index contributed by atoms with van der Waals surface area (Å²) in [6.45, 7) is 2.01. The third-order valence-electron chi connectivity index (χ3n) is 2.59. The quantitative estimate of drug-likeness (QED) is 0.750. The normalized spacial score (nSPS) is 15.6. The van der Waals surface area contributed by atoms with Crippen LogP contribution in [0, 0.1) is 12.8 Å². The van der Waals surface area contributed by atoms with Gasteiger partial charge in [0.2, 0.25) is 0 Å². The van der Waals surface area contributed by atoms with Gasteiger partial charge in [0.25, 0.3) is 0 Å². The van der Waals surface area contributed by atoms with E-state index in [1.807, 2.05) is 25.1 Å². The molecule has 0 aromatic heterocycles. The molecule has 2 rings (SSSR count). The molecule has 0 saturated heterocycles. The van der Waals surface area contributed by atoms with Crippen molar-refractivity contribution in [2.45, 2.75) is 26.2 Å². The smallest absolute Gasteiger partial charge is 0.164 e. The summed E-state index contributed by atoms with van der Waals surface area (Å²) in [5.41, 5.74) is 1.99. The summed E-state index contributed by atoms with van der Waals surface area (Å²) in [6, 6.07) is 5.93. The monoisotopic (exact) mass is 252 g/mol. The zero-order valence-electron chi connectivity index (χ0n) is 8.22. The summed E-state index contributed by atoms with van der Waals surface area (Å²) in [5.74, 6) is 0.943. The SMILES string of the molecule is Cc1ccc(Br)c(C(=O)CC2CC2)c1. The molecule has 2 heteroatoms. The fourth-order valence-electron chi connectivity index (χ4n) is 1.55. The average molecular weight is 253 g/mol. The van der Waals surface area contributed by atoms with Gasteiger partial charge in [-0.25, -0.2) is 0 Å². The van der Waals surface area contributed by atoms with Crippen LogP contribution in [0.4, 0.5) is 0 Å². The molecule has 0 aliphatic heterocycles. The molecule has 1 aromatic rings. The van der Waals surface area contributed by atoms with Gasteiger partial charge >= 0.3 is 0 Å². The number of ketones is 1. The van der Waals surface area contributed by atoms with E-state index in [1.165, 1.54) is 12.8 Å². The number of aryl methyl sites for hydroxylation is 1. The lowest BCUT2D eigenvalue weighted by Crippen LogP contribution is -2.01. The number of hydrogen-bond donors (Lipinski definition) is 0. The molecule has 0 atom stereocenters. The highest BCUT2D eigenvalue weighted by Crippen LogP contribution is 2.34. The number of rotatable bonds is 3. The summed E-state index contributed by atoms with van der Waals surface area (Å²) in [7, 11) is 0. The fraction of sp³-hybridized carbons (Fsp3) is 0.417. The van der Waals surface area contributed by atoms with E-state index in [0.29, 0.717) is 5.92 Å². The molecule has 0 amide bonds. The first-order valence-corrected chi connectivity index (χ1v) is 5.75. The maximum atomic E-state index is 11.8. The van der Waals surface area contributed by atoms with Gasteiger partial charge in [-0.3, -0.25) is 4.79 Å². The predicted molar refractivity (Wildman–Crippen MR) is 60.6 cm³/mol. The molecule has 1 saturated carbocycles. The van der Waals surface area contributed by atoms with Gasteiger partial charge in [-0.1, -0.05) is 27.6 Å². The zero-order valence-corrected chi connectivity index (χ0v) is 9.80. The number of halogens is 1. The van der Waals surface area contributed by atoms with E-state index in [9.17, 15) is 4.79 Å². The maximum Gasteiger partial charge on any atom is 0.164 e. The summed E-state index contributed by atoms with van der Waals surface area (Å²) < 4.78 is 0.925. The molecule has 1 aliphatic rings. The number of carbonyl (C=O) groups is 1. The summed E-state index contributed by atoms with van der Waals surface area (Å²) in [4.78, 5) is 11.8. The van der Waals surface area contributed by atoms with Crippen LogP contribution in [0.25, 0.3) is 0 Å². The van der Waals surface area contributed by atoms with E-state index in [4.69, 9.17) is 0 Å². The van der Waals surface area contributed by atoms with Gasteiger partial charge < -0.3 is 0 Å². The van der Waals surface area contributed by atoms with Crippen molar-refractivity contribution in [3.63, 3.8) is 0 Å². The van der Waals surface area contributed by atoms with E-state index < -0.39 is 0 Å². The van der Waals surface area contributed by atoms with Crippen LogP contribution in [-0.2, 0) is 0 Å². The lowest BCUT2D eigenvalue weighted by atomic mass is 10.0. The van der Waals surface area contributed by atoms with Crippen LogP contribution >= 0.6 is 15.9 Å². The first-order chi connectivity index (χ1) is 6.66. The average Bonchev–Trinajstić information content (AvgIpc) is 2.93.